The minimum absolute atomic E-state index is 0.00353. The molecular formula is C23H19N3O4S. The lowest BCUT2D eigenvalue weighted by molar-refractivity contribution is -0.132. The summed E-state index contributed by atoms with van der Waals surface area (Å²) in [4.78, 5) is 27.3. The molecule has 1 aliphatic heterocycles. The molecule has 1 aliphatic rings. The van der Waals surface area contributed by atoms with Gasteiger partial charge < -0.3 is 9.84 Å². The van der Waals surface area contributed by atoms with Gasteiger partial charge in [0.15, 0.2) is 0 Å². The van der Waals surface area contributed by atoms with Gasteiger partial charge >= 0.3 is 5.91 Å². The number of ether oxygens (including phenoxy) is 1. The Bertz CT molecular complexity index is 1170. The van der Waals surface area contributed by atoms with E-state index in [9.17, 15) is 14.7 Å². The van der Waals surface area contributed by atoms with Gasteiger partial charge in [0.05, 0.1) is 11.6 Å². The van der Waals surface area contributed by atoms with Gasteiger partial charge in [0.1, 0.15) is 23.1 Å². The lowest BCUT2D eigenvalue weighted by Gasteiger charge is -2.22. The van der Waals surface area contributed by atoms with E-state index >= 15 is 0 Å². The number of benzene rings is 2. The first-order chi connectivity index (χ1) is 15.0. The molecule has 0 saturated carbocycles. The van der Waals surface area contributed by atoms with E-state index in [0.717, 1.165) is 0 Å². The number of carbonyl (C=O) groups excluding carboxylic acids is 2. The van der Waals surface area contributed by atoms with Crippen LogP contribution in [-0.2, 0) is 9.59 Å². The van der Waals surface area contributed by atoms with Gasteiger partial charge in [-0.25, -0.2) is 0 Å². The van der Waals surface area contributed by atoms with Crippen LogP contribution in [0.25, 0.3) is 5.76 Å². The summed E-state index contributed by atoms with van der Waals surface area (Å²) in [5, 5.41) is 20.0. The van der Waals surface area contributed by atoms with Crippen LogP contribution in [0.4, 0.5) is 5.13 Å². The van der Waals surface area contributed by atoms with Gasteiger partial charge in [0, 0.05) is 5.56 Å². The van der Waals surface area contributed by atoms with Crippen molar-refractivity contribution in [1.29, 1.82) is 0 Å². The Morgan fingerprint density at radius 1 is 1.16 bits per heavy atom. The average Bonchev–Trinajstić information content (AvgIpc) is 3.33. The summed E-state index contributed by atoms with van der Waals surface area (Å²) in [6.45, 7) is 5.75. The van der Waals surface area contributed by atoms with Crippen LogP contribution in [-0.4, -0.2) is 33.6 Å². The number of Topliss-reactive ketones (excluding diaryl/α,β-unsaturated/α-hetero) is 1. The van der Waals surface area contributed by atoms with Crippen molar-refractivity contribution in [1.82, 2.24) is 10.2 Å². The van der Waals surface area contributed by atoms with E-state index in [4.69, 9.17) is 4.74 Å². The molecule has 156 valence electrons. The van der Waals surface area contributed by atoms with E-state index in [1.165, 1.54) is 16.2 Å². The summed E-state index contributed by atoms with van der Waals surface area (Å²) in [6, 6.07) is 14.8. The van der Waals surface area contributed by atoms with Gasteiger partial charge in [-0.2, -0.15) is 0 Å². The van der Waals surface area contributed by atoms with Gasteiger partial charge in [-0.1, -0.05) is 66.5 Å². The second kappa shape index (κ2) is 8.53. The monoisotopic (exact) mass is 433 g/mol. The predicted molar refractivity (Wildman–Crippen MR) is 118 cm³/mol. The van der Waals surface area contributed by atoms with Crippen molar-refractivity contribution in [3.05, 3.63) is 89.0 Å². The van der Waals surface area contributed by atoms with Gasteiger partial charge in [0.2, 0.25) is 5.13 Å². The van der Waals surface area contributed by atoms with E-state index in [1.54, 1.807) is 67.6 Å². The second-order valence-corrected chi connectivity index (χ2v) is 7.97. The first-order valence-electron chi connectivity index (χ1n) is 9.51. The standard InChI is InChI=1S/C23H19N3O4S/c1-3-13-30-17-11-9-15(10-12-17)19-18(20(27)16-7-5-4-6-8-16)21(28)22(29)26(19)23-25-24-14(2)31-23/h3-12,19,27H,1,13H2,2H3/b20-18+. The molecule has 4 rings (SSSR count). The summed E-state index contributed by atoms with van der Waals surface area (Å²) in [5.74, 6) is -1.15. The Morgan fingerprint density at radius 2 is 1.87 bits per heavy atom. The van der Waals surface area contributed by atoms with Crippen LogP contribution in [0.3, 0.4) is 0 Å². The molecule has 1 aromatic heterocycles. The molecule has 0 bridgehead atoms. The van der Waals surface area contributed by atoms with Crippen molar-refractivity contribution in [3.63, 3.8) is 0 Å². The van der Waals surface area contributed by atoms with Crippen LogP contribution in [0.2, 0.25) is 0 Å². The van der Waals surface area contributed by atoms with Gasteiger partial charge in [-0.15, -0.1) is 10.2 Å². The van der Waals surface area contributed by atoms with Crippen molar-refractivity contribution in [2.75, 3.05) is 11.5 Å². The van der Waals surface area contributed by atoms with Gasteiger partial charge in [-0.05, 0) is 24.6 Å². The molecule has 2 heterocycles. The largest absolute Gasteiger partial charge is 0.507 e. The maximum Gasteiger partial charge on any atom is 0.301 e. The van der Waals surface area contributed by atoms with Gasteiger partial charge in [-0.3, -0.25) is 14.5 Å². The van der Waals surface area contributed by atoms with E-state index in [0.29, 0.717) is 33.6 Å². The minimum atomic E-state index is -0.846. The van der Waals surface area contributed by atoms with E-state index in [2.05, 4.69) is 16.8 Å². The molecule has 0 radical (unpaired) electrons. The molecule has 31 heavy (non-hydrogen) atoms. The smallest absolute Gasteiger partial charge is 0.301 e. The second-order valence-electron chi connectivity index (χ2n) is 6.81. The summed E-state index contributed by atoms with van der Waals surface area (Å²) >= 11 is 1.20. The average molecular weight is 433 g/mol. The molecule has 1 atom stereocenters. The van der Waals surface area contributed by atoms with Crippen LogP contribution in [0.5, 0.6) is 5.75 Å². The Kier molecular flexibility index (Phi) is 5.64. The fourth-order valence-electron chi connectivity index (χ4n) is 3.38. The third kappa shape index (κ3) is 3.85. The highest BCUT2D eigenvalue weighted by molar-refractivity contribution is 7.15. The molecule has 1 N–H and O–H groups in total. The van der Waals surface area contributed by atoms with Gasteiger partial charge in [0.25, 0.3) is 5.78 Å². The molecule has 8 heteroatoms. The van der Waals surface area contributed by atoms with E-state index in [1.807, 2.05) is 0 Å². The number of aromatic nitrogens is 2. The number of amides is 1. The van der Waals surface area contributed by atoms with Crippen LogP contribution in [0, 0.1) is 6.92 Å². The maximum atomic E-state index is 13.0. The highest BCUT2D eigenvalue weighted by Crippen LogP contribution is 2.43. The molecule has 0 aliphatic carbocycles. The molecule has 2 aromatic carbocycles. The molecule has 7 nitrogen and oxygen atoms in total. The molecule has 1 saturated heterocycles. The van der Waals surface area contributed by atoms with Crippen molar-refractivity contribution in [2.45, 2.75) is 13.0 Å². The molecular weight excluding hydrogens is 414 g/mol. The summed E-state index contributed by atoms with van der Waals surface area (Å²) in [7, 11) is 0. The first kappa shape index (κ1) is 20.5. The zero-order valence-corrected chi connectivity index (χ0v) is 17.5. The maximum absolute atomic E-state index is 13.0. The molecule has 1 unspecified atom stereocenters. The summed E-state index contributed by atoms with van der Waals surface area (Å²) in [6.07, 6.45) is 1.64. The Labute approximate surface area is 182 Å². The van der Waals surface area contributed by atoms with E-state index < -0.39 is 17.7 Å². The third-order valence-corrected chi connectivity index (χ3v) is 5.61. The number of anilines is 1. The number of rotatable bonds is 6. The lowest BCUT2D eigenvalue weighted by atomic mass is 9.95. The summed E-state index contributed by atoms with van der Waals surface area (Å²) < 4.78 is 5.53. The number of aliphatic hydroxyl groups is 1. The van der Waals surface area contributed by atoms with Crippen LogP contribution in [0.15, 0.2) is 72.8 Å². The number of hydrogen-bond donors (Lipinski definition) is 1. The van der Waals surface area contributed by atoms with E-state index in [-0.39, 0.29) is 11.3 Å². The number of ketones is 1. The normalized spacial score (nSPS) is 17.7. The number of aryl methyl sites for hydroxylation is 1. The Balaban J connectivity index is 1.86. The van der Waals surface area contributed by atoms with Crippen LogP contribution in [0.1, 0.15) is 22.2 Å². The molecule has 0 spiro atoms. The fraction of sp³-hybridized carbons (Fsp3) is 0.130. The first-order valence-corrected chi connectivity index (χ1v) is 10.3. The van der Waals surface area contributed by atoms with Crippen LogP contribution < -0.4 is 9.64 Å². The van der Waals surface area contributed by atoms with Crippen molar-refractivity contribution in [2.24, 2.45) is 0 Å². The zero-order valence-electron chi connectivity index (χ0n) is 16.7. The summed E-state index contributed by atoms with van der Waals surface area (Å²) in [5.41, 5.74) is 1.09. The topological polar surface area (TPSA) is 92.6 Å². The van der Waals surface area contributed by atoms with Crippen LogP contribution >= 0.6 is 11.3 Å². The Morgan fingerprint density at radius 3 is 2.48 bits per heavy atom. The quantitative estimate of drug-likeness (QED) is 0.273. The van der Waals surface area contributed by atoms with Crippen molar-refractivity contribution < 1.29 is 19.4 Å². The highest BCUT2D eigenvalue weighted by atomic mass is 32.1. The molecule has 1 amide bonds. The number of carbonyl (C=O) groups is 2. The Hall–Kier alpha value is -3.78. The predicted octanol–water partition coefficient (Wildman–Crippen LogP) is 4.04. The van der Waals surface area contributed by atoms with Crippen molar-refractivity contribution in [3.8, 4) is 5.75 Å². The SMILES string of the molecule is C=CCOc1ccc(C2/C(=C(\O)c3ccccc3)C(=O)C(=O)N2c2nnc(C)s2)cc1. The number of hydrogen-bond acceptors (Lipinski definition) is 7. The minimum Gasteiger partial charge on any atom is -0.507 e. The molecule has 1 fully saturated rings. The molecule has 3 aromatic rings. The lowest BCUT2D eigenvalue weighted by Crippen LogP contribution is -2.29. The number of nitrogens with zero attached hydrogens (tertiary/aromatic N) is 3. The van der Waals surface area contributed by atoms with Crippen molar-refractivity contribution >= 4 is 33.9 Å². The fourth-order valence-corrected chi connectivity index (χ4v) is 4.10. The number of aliphatic hydroxyl groups excluding tert-OH is 1. The third-order valence-electron chi connectivity index (χ3n) is 4.78. The zero-order chi connectivity index (χ0) is 22.0. The highest BCUT2D eigenvalue weighted by Gasteiger charge is 2.48.